The normalized spacial score (nSPS) is 11.0. The average Bonchev–Trinajstić information content (AvgIpc) is 2.55. The molecule has 7 heteroatoms. The van der Waals surface area contributed by atoms with Gasteiger partial charge in [0, 0.05) is 0 Å². The van der Waals surface area contributed by atoms with Gasteiger partial charge in [0.05, 0.1) is 19.9 Å². The number of methoxy groups -OCH3 is 2. The summed E-state index contributed by atoms with van der Waals surface area (Å²) in [6.45, 7) is 1.92. The SMILES string of the molecule is COc1ccc(OCCS(=O)(=O)Nc2cc(C)ccc2OC)cc1. The van der Waals surface area contributed by atoms with Gasteiger partial charge in [0.1, 0.15) is 29.6 Å². The molecule has 0 atom stereocenters. The zero-order chi connectivity index (χ0) is 17.6. The van der Waals surface area contributed by atoms with Crippen LogP contribution in [-0.2, 0) is 10.0 Å². The van der Waals surface area contributed by atoms with E-state index in [2.05, 4.69) is 4.72 Å². The Morgan fingerprint density at radius 3 is 2.25 bits per heavy atom. The quantitative estimate of drug-likeness (QED) is 0.792. The number of nitrogens with one attached hydrogen (secondary N) is 1. The van der Waals surface area contributed by atoms with E-state index in [1.807, 2.05) is 13.0 Å². The second-order valence-corrected chi connectivity index (χ2v) is 6.99. The van der Waals surface area contributed by atoms with Crippen LogP contribution in [-0.4, -0.2) is 35.0 Å². The first-order valence-electron chi connectivity index (χ1n) is 7.35. The minimum atomic E-state index is -3.55. The first-order chi connectivity index (χ1) is 11.4. The highest BCUT2D eigenvalue weighted by molar-refractivity contribution is 7.92. The van der Waals surface area contributed by atoms with Gasteiger partial charge < -0.3 is 14.2 Å². The summed E-state index contributed by atoms with van der Waals surface area (Å²) in [5.41, 5.74) is 1.35. The Hall–Kier alpha value is -2.41. The molecule has 0 aromatic heterocycles. The number of sulfonamides is 1. The Bertz CT molecular complexity index is 772. The monoisotopic (exact) mass is 351 g/mol. The minimum absolute atomic E-state index is 0.0375. The standard InChI is InChI=1S/C17H21NO5S/c1-13-4-9-17(22-3)16(12-13)18-24(19,20)11-10-23-15-7-5-14(21-2)6-8-15/h4-9,12,18H,10-11H2,1-3H3. The molecule has 0 unspecified atom stereocenters. The van der Waals surface area contributed by atoms with E-state index in [9.17, 15) is 8.42 Å². The number of benzene rings is 2. The van der Waals surface area contributed by atoms with E-state index >= 15 is 0 Å². The van der Waals surface area contributed by atoms with Gasteiger partial charge >= 0.3 is 0 Å². The Kier molecular flexibility index (Phi) is 5.92. The molecule has 0 fully saturated rings. The molecule has 0 heterocycles. The number of hydrogen-bond donors (Lipinski definition) is 1. The number of anilines is 1. The Morgan fingerprint density at radius 1 is 0.958 bits per heavy atom. The highest BCUT2D eigenvalue weighted by Gasteiger charge is 2.14. The van der Waals surface area contributed by atoms with Crippen molar-refractivity contribution in [2.75, 3.05) is 31.3 Å². The van der Waals surface area contributed by atoms with Crippen LogP contribution in [0.15, 0.2) is 42.5 Å². The third-order valence-corrected chi connectivity index (χ3v) is 4.54. The fraction of sp³-hybridized carbons (Fsp3) is 0.294. The summed E-state index contributed by atoms with van der Waals surface area (Å²) >= 11 is 0. The highest BCUT2D eigenvalue weighted by Crippen LogP contribution is 2.26. The Labute approximate surface area is 142 Å². The molecule has 0 amide bonds. The Balaban J connectivity index is 1.95. The molecule has 24 heavy (non-hydrogen) atoms. The second-order valence-electron chi connectivity index (χ2n) is 5.15. The molecule has 1 N–H and O–H groups in total. The van der Waals surface area contributed by atoms with Crippen molar-refractivity contribution in [1.82, 2.24) is 0 Å². The van der Waals surface area contributed by atoms with E-state index < -0.39 is 10.0 Å². The van der Waals surface area contributed by atoms with Crippen LogP contribution in [0.1, 0.15) is 5.56 Å². The molecule has 0 aliphatic heterocycles. The van der Waals surface area contributed by atoms with E-state index in [-0.39, 0.29) is 12.4 Å². The predicted molar refractivity (Wildman–Crippen MR) is 93.6 cm³/mol. The second kappa shape index (κ2) is 7.92. The molecule has 2 aromatic carbocycles. The molecule has 0 saturated heterocycles. The van der Waals surface area contributed by atoms with Crippen molar-refractivity contribution in [3.63, 3.8) is 0 Å². The molecular formula is C17H21NO5S. The molecule has 6 nitrogen and oxygen atoms in total. The minimum Gasteiger partial charge on any atom is -0.497 e. The van der Waals surface area contributed by atoms with Gasteiger partial charge in [0.25, 0.3) is 0 Å². The lowest BCUT2D eigenvalue weighted by atomic mass is 10.2. The summed E-state index contributed by atoms with van der Waals surface area (Å²) in [6.07, 6.45) is 0. The summed E-state index contributed by atoms with van der Waals surface area (Å²) in [5.74, 6) is 1.60. The van der Waals surface area contributed by atoms with Crippen LogP contribution in [0, 0.1) is 6.92 Å². The molecule has 2 aromatic rings. The van der Waals surface area contributed by atoms with Crippen LogP contribution >= 0.6 is 0 Å². The number of aryl methyl sites for hydroxylation is 1. The molecule has 0 aliphatic rings. The van der Waals surface area contributed by atoms with Gasteiger partial charge in [-0.05, 0) is 48.9 Å². The lowest BCUT2D eigenvalue weighted by Crippen LogP contribution is -2.21. The summed E-state index contributed by atoms with van der Waals surface area (Å²) < 4.78 is 42.6. The van der Waals surface area contributed by atoms with E-state index in [1.54, 1.807) is 43.5 Å². The molecular weight excluding hydrogens is 330 g/mol. The third-order valence-electron chi connectivity index (χ3n) is 3.30. The largest absolute Gasteiger partial charge is 0.497 e. The van der Waals surface area contributed by atoms with E-state index in [1.165, 1.54) is 7.11 Å². The predicted octanol–water partition coefficient (Wildman–Crippen LogP) is 2.83. The van der Waals surface area contributed by atoms with Gasteiger partial charge in [-0.25, -0.2) is 8.42 Å². The van der Waals surface area contributed by atoms with Crippen molar-refractivity contribution < 1.29 is 22.6 Å². The zero-order valence-corrected chi connectivity index (χ0v) is 14.7. The highest BCUT2D eigenvalue weighted by atomic mass is 32.2. The zero-order valence-electron chi connectivity index (χ0n) is 13.9. The lowest BCUT2D eigenvalue weighted by Gasteiger charge is -2.13. The van der Waals surface area contributed by atoms with E-state index in [0.29, 0.717) is 22.9 Å². The van der Waals surface area contributed by atoms with Crippen LogP contribution in [0.2, 0.25) is 0 Å². The maximum atomic E-state index is 12.2. The molecule has 130 valence electrons. The Morgan fingerprint density at radius 2 is 1.62 bits per heavy atom. The molecule has 0 saturated carbocycles. The molecule has 0 spiro atoms. The third kappa shape index (κ3) is 5.06. The average molecular weight is 351 g/mol. The van der Waals surface area contributed by atoms with E-state index in [4.69, 9.17) is 14.2 Å². The molecule has 0 radical (unpaired) electrons. The van der Waals surface area contributed by atoms with Gasteiger partial charge in [-0.15, -0.1) is 0 Å². The van der Waals surface area contributed by atoms with Gasteiger partial charge in [0.2, 0.25) is 10.0 Å². The summed E-state index contributed by atoms with van der Waals surface area (Å²) in [7, 11) is -0.474. The van der Waals surface area contributed by atoms with Gasteiger partial charge in [0.15, 0.2) is 0 Å². The van der Waals surface area contributed by atoms with Crippen molar-refractivity contribution in [1.29, 1.82) is 0 Å². The van der Waals surface area contributed by atoms with Gasteiger partial charge in [-0.2, -0.15) is 0 Å². The lowest BCUT2D eigenvalue weighted by molar-refractivity contribution is 0.339. The maximum Gasteiger partial charge on any atom is 0.236 e. The fourth-order valence-electron chi connectivity index (χ4n) is 2.06. The fourth-order valence-corrected chi connectivity index (χ4v) is 2.96. The van der Waals surface area contributed by atoms with Crippen LogP contribution in [0.25, 0.3) is 0 Å². The molecule has 0 bridgehead atoms. The van der Waals surface area contributed by atoms with Crippen LogP contribution in [0.5, 0.6) is 17.2 Å². The summed E-state index contributed by atoms with van der Waals surface area (Å²) in [4.78, 5) is 0. The molecule has 2 rings (SSSR count). The van der Waals surface area contributed by atoms with Crippen LogP contribution < -0.4 is 18.9 Å². The summed E-state index contributed by atoms with van der Waals surface area (Å²) in [5, 5.41) is 0. The van der Waals surface area contributed by atoms with Gasteiger partial charge in [-0.1, -0.05) is 6.07 Å². The smallest absolute Gasteiger partial charge is 0.236 e. The van der Waals surface area contributed by atoms with Crippen molar-refractivity contribution in [2.24, 2.45) is 0 Å². The molecule has 0 aliphatic carbocycles. The first-order valence-corrected chi connectivity index (χ1v) is 9.01. The van der Waals surface area contributed by atoms with Crippen molar-refractivity contribution in [3.05, 3.63) is 48.0 Å². The topological polar surface area (TPSA) is 73.9 Å². The number of ether oxygens (including phenoxy) is 3. The van der Waals surface area contributed by atoms with E-state index in [0.717, 1.165) is 5.56 Å². The van der Waals surface area contributed by atoms with Crippen molar-refractivity contribution in [3.8, 4) is 17.2 Å². The number of hydrogen-bond acceptors (Lipinski definition) is 5. The summed E-state index contributed by atoms with van der Waals surface area (Å²) in [6, 6.07) is 12.2. The van der Waals surface area contributed by atoms with Gasteiger partial charge in [-0.3, -0.25) is 4.72 Å². The van der Waals surface area contributed by atoms with Crippen LogP contribution in [0.4, 0.5) is 5.69 Å². The maximum absolute atomic E-state index is 12.2. The first kappa shape index (κ1) is 17.9. The van der Waals surface area contributed by atoms with Crippen molar-refractivity contribution in [2.45, 2.75) is 6.92 Å². The van der Waals surface area contributed by atoms with Crippen LogP contribution in [0.3, 0.4) is 0 Å². The number of rotatable bonds is 8. The van der Waals surface area contributed by atoms with Crippen molar-refractivity contribution >= 4 is 15.7 Å².